The van der Waals surface area contributed by atoms with Gasteiger partial charge in [-0.2, -0.15) is 9.97 Å². The van der Waals surface area contributed by atoms with Gasteiger partial charge in [-0.1, -0.05) is 23.7 Å². The molecule has 3 fully saturated rings. The number of hydrogen-bond donors (Lipinski definition) is 1. The number of imidazole rings is 1. The van der Waals surface area contributed by atoms with Crippen molar-refractivity contribution in [2.75, 3.05) is 32.7 Å². The summed E-state index contributed by atoms with van der Waals surface area (Å²) in [6, 6.07) is 7.06. The maximum Gasteiger partial charge on any atom is 0.509 e. The number of phosphoric acid groups is 1. The van der Waals surface area contributed by atoms with Crippen LogP contribution in [0.15, 0.2) is 30.6 Å². The number of phosphoric ester groups is 1. The summed E-state index contributed by atoms with van der Waals surface area (Å²) >= 11 is 6.12. The number of nitrogens with zero attached hydrogens (tertiary/aromatic N) is 4. The number of anilines is 1. The lowest BCUT2D eigenvalue weighted by Gasteiger charge is -2.30. The minimum atomic E-state index is -4.02. The van der Waals surface area contributed by atoms with E-state index in [1.54, 1.807) is 36.8 Å². The lowest BCUT2D eigenvalue weighted by molar-refractivity contribution is -0.0925. The molecule has 0 saturated carbocycles. The molecule has 6 rings (SSSR count). The standard InChI is InChI=1S/C27H33ClN5O10P/c1-26(2,36-4)9-11-37-22-19-21(31-24(29)32-22)33(14-30-19)23-27(3)20(41-25(34)42-27)18(40-23)13-39-44(35)38-10-8-17(43-44)15-6-5-7-16(28)12-15/h5-7,12,14,17-18,20,23H,8-11,13H2,1-4H3,(H2,29,31,32)/t17-,18+,20+,23?,27+,44+/m0/s1. The fourth-order valence-corrected chi connectivity index (χ4v) is 6.90. The van der Waals surface area contributed by atoms with Gasteiger partial charge in [0, 0.05) is 25.0 Å². The average Bonchev–Trinajstić information content (AvgIpc) is 3.60. The fraction of sp³-hybridized carbons (Fsp3) is 0.556. The van der Waals surface area contributed by atoms with Crippen LogP contribution >= 0.6 is 19.4 Å². The molecule has 238 valence electrons. The summed E-state index contributed by atoms with van der Waals surface area (Å²) < 4.78 is 60.7. The molecular formula is C27H33ClN5O10P. The Morgan fingerprint density at radius 1 is 1.30 bits per heavy atom. The highest BCUT2D eigenvalue weighted by molar-refractivity contribution is 7.48. The first-order chi connectivity index (χ1) is 20.9. The van der Waals surface area contributed by atoms with Crippen molar-refractivity contribution in [1.82, 2.24) is 19.5 Å². The lowest BCUT2D eigenvalue weighted by atomic mass is 9.96. The molecule has 3 aliphatic rings. The minimum Gasteiger partial charge on any atom is -0.476 e. The molecule has 2 N–H and O–H groups in total. The molecule has 3 aromatic rings. The highest BCUT2D eigenvalue weighted by atomic mass is 35.5. The van der Waals surface area contributed by atoms with Crippen LogP contribution in [-0.2, 0) is 37.1 Å². The average molecular weight is 654 g/mol. The molecule has 0 bridgehead atoms. The third-order valence-corrected chi connectivity index (χ3v) is 9.59. The van der Waals surface area contributed by atoms with Crippen LogP contribution in [0.3, 0.4) is 0 Å². The van der Waals surface area contributed by atoms with E-state index in [1.165, 1.54) is 6.33 Å². The Morgan fingerprint density at radius 3 is 2.89 bits per heavy atom. The maximum atomic E-state index is 13.5. The molecule has 6 atom stereocenters. The zero-order valence-electron chi connectivity index (χ0n) is 24.5. The first kappa shape index (κ1) is 31.0. The molecule has 2 aromatic heterocycles. The van der Waals surface area contributed by atoms with Gasteiger partial charge >= 0.3 is 14.0 Å². The number of carbonyl (C=O) groups excluding carboxylic acids is 1. The van der Waals surface area contributed by atoms with Crippen LogP contribution in [0.1, 0.15) is 51.5 Å². The maximum absolute atomic E-state index is 13.5. The number of carbonyl (C=O) groups is 1. The Hall–Kier alpha value is -3.04. The number of nitrogen functional groups attached to an aromatic ring is 1. The number of nitrogens with two attached hydrogens (primary N) is 1. The Morgan fingerprint density at radius 2 is 2.11 bits per heavy atom. The molecule has 44 heavy (non-hydrogen) atoms. The van der Waals surface area contributed by atoms with Crippen LogP contribution in [0.5, 0.6) is 5.88 Å². The van der Waals surface area contributed by atoms with E-state index >= 15 is 0 Å². The predicted molar refractivity (Wildman–Crippen MR) is 154 cm³/mol. The largest absolute Gasteiger partial charge is 0.509 e. The number of aromatic nitrogens is 4. The van der Waals surface area contributed by atoms with Gasteiger partial charge < -0.3 is 29.4 Å². The first-order valence-electron chi connectivity index (χ1n) is 14.0. The van der Waals surface area contributed by atoms with E-state index in [4.69, 9.17) is 54.6 Å². The third kappa shape index (κ3) is 5.97. The van der Waals surface area contributed by atoms with Gasteiger partial charge in [-0.05, 0) is 38.5 Å². The molecule has 0 radical (unpaired) electrons. The van der Waals surface area contributed by atoms with Gasteiger partial charge in [0.25, 0.3) is 0 Å². The summed E-state index contributed by atoms with van der Waals surface area (Å²) in [6.45, 7) is 5.65. The molecule has 3 saturated heterocycles. The number of rotatable bonds is 10. The zero-order valence-corrected chi connectivity index (χ0v) is 26.2. The van der Waals surface area contributed by atoms with Crippen LogP contribution in [-0.4, -0.2) is 76.0 Å². The van der Waals surface area contributed by atoms with E-state index in [9.17, 15) is 9.36 Å². The summed E-state index contributed by atoms with van der Waals surface area (Å²) in [6.07, 6.45) is -1.81. The van der Waals surface area contributed by atoms with Crippen molar-refractivity contribution in [3.63, 3.8) is 0 Å². The summed E-state index contributed by atoms with van der Waals surface area (Å²) in [5.41, 5.74) is 5.63. The SMILES string of the molecule is COC(C)(C)CCOc1nc(N)nc2c1ncn2C1O[C@H](CO[P@@]2(=O)OCC[C@@H](c3cccc(Cl)c3)O2)[C@H]2OC(=O)O[C@@]12C. The Kier molecular flexibility index (Phi) is 8.24. The highest BCUT2D eigenvalue weighted by Crippen LogP contribution is 2.58. The van der Waals surface area contributed by atoms with Gasteiger partial charge in [0.05, 0.1) is 37.9 Å². The van der Waals surface area contributed by atoms with Gasteiger partial charge in [-0.15, -0.1) is 0 Å². The van der Waals surface area contributed by atoms with Gasteiger partial charge in [-0.3, -0.25) is 18.1 Å². The minimum absolute atomic E-state index is 0.0570. The molecule has 15 nitrogen and oxygen atoms in total. The zero-order chi connectivity index (χ0) is 31.3. The highest BCUT2D eigenvalue weighted by Gasteiger charge is 2.64. The van der Waals surface area contributed by atoms with E-state index in [0.29, 0.717) is 23.4 Å². The Labute approximate surface area is 257 Å². The second-order valence-corrected chi connectivity index (χ2v) is 13.4. The van der Waals surface area contributed by atoms with Gasteiger partial charge in [0.15, 0.2) is 29.1 Å². The summed E-state index contributed by atoms with van der Waals surface area (Å²) in [5, 5.41) is 0.522. The van der Waals surface area contributed by atoms with E-state index in [0.717, 1.165) is 5.56 Å². The van der Waals surface area contributed by atoms with Gasteiger partial charge in [-0.25, -0.2) is 14.3 Å². The predicted octanol–water partition coefficient (Wildman–Crippen LogP) is 4.75. The van der Waals surface area contributed by atoms with E-state index in [2.05, 4.69) is 15.0 Å². The molecule has 1 aromatic carbocycles. The van der Waals surface area contributed by atoms with Crippen molar-refractivity contribution in [2.45, 2.75) is 69.4 Å². The second kappa shape index (κ2) is 11.7. The van der Waals surface area contributed by atoms with E-state index in [1.807, 2.05) is 19.9 Å². The van der Waals surface area contributed by atoms with Crippen molar-refractivity contribution < 1.29 is 46.6 Å². The molecule has 5 heterocycles. The molecular weight excluding hydrogens is 621 g/mol. The number of hydrogen-bond acceptors (Lipinski definition) is 14. The number of ether oxygens (including phenoxy) is 5. The summed E-state index contributed by atoms with van der Waals surface area (Å²) in [7, 11) is -2.39. The monoisotopic (exact) mass is 653 g/mol. The summed E-state index contributed by atoms with van der Waals surface area (Å²) in [4.78, 5) is 25.4. The van der Waals surface area contributed by atoms with E-state index < -0.39 is 49.7 Å². The van der Waals surface area contributed by atoms with Crippen molar-refractivity contribution in [3.8, 4) is 5.88 Å². The van der Waals surface area contributed by atoms with Crippen LogP contribution < -0.4 is 10.5 Å². The fourth-order valence-electron chi connectivity index (χ4n) is 5.31. The first-order valence-corrected chi connectivity index (χ1v) is 15.8. The lowest BCUT2D eigenvalue weighted by Crippen LogP contribution is -2.42. The molecule has 0 amide bonds. The summed E-state index contributed by atoms with van der Waals surface area (Å²) in [5.74, 6) is 0.120. The topological polar surface area (TPSA) is 178 Å². The normalized spacial score (nSPS) is 30.2. The van der Waals surface area contributed by atoms with Crippen molar-refractivity contribution in [3.05, 3.63) is 41.2 Å². The second-order valence-electron chi connectivity index (χ2n) is 11.4. The van der Waals surface area contributed by atoms with Crippen LogP contribution in [0.4, 0.5) is 10.7 Å². The molecule has 17 heteroatoms. The Bertz CT molecular complexity index is 1610. The van der Waals surface area contributed by atoms with Crippen LogP contribution in [0.25, 0.3) is 11.2 Å². The van der Waals surface area contributed by atoms with Gasteiger partial charge in [0.2, 0.25) is 11.8 Å². The van der Waals surface area contributed by atoms with Gasteiger partial charge in [0.1, 0.15) is 6.10 Å². The number of benzene rings is 1. The van der Waals surface area contributed by atoms with E-state index in [-0.39, 0.29) is 37.3 Å². The third-order valence-electron chi connectivity index (χ3n) is 7.88. The molecule has 1 unspecified atom stereocenters. The van der Waals surface area contributed by atoms with Crippen LogP contribution in [0, 0.1) is 0 Å². The quantitative estimate of drug-likeness (QED) is 0.234. The van der Waals surface area contributed by atoms with Crippen molar-refractivity contribution in [2.24, 2.45) is 0 Å². The van der Waals surface area contributed by atoms with Crippen LogP contribution in [0.2, 0.25) is 5.02 Å². The number of halogens is 1. The van der Waals surface area contributed by atoms with Crippen molar-refractivity contribution in [1.29, 1.82) is 0 Å². The molecule has 3 aliphatic heterocycles. The number of fused-ring (bicyclic) bond motifs is 2. The smallest absolute Gasteiger partial charge is 0.476 e. The van der Waals surface area contributed by atoms with Crippen molar-refractivity contribution >= 4 is 42.7 Å². The number of methoxy groups -OCH3 is 1. The molecule has 0 aliphatic carbocycles. The molecule has 0 spiro atoms. The Balaban J connectivity index is 1.21.